The highest BCUT2D eigenvalue weighted by atomic mass is 16.5. The van der Waals surface area contributed by atoms with Gasteiger partial charge in [-0.15, -0.1) is 0 Å². The molecular weight excluding hydrogens is 436 g/mol. The standard InChI is InChI=1S/C30H48N2O3/c1-27(2,17-31)16-28(3,4)30(7,8)20-12-24(34-9)26(25(13-20)35-10)21-11-19(15-32-18-33)22-14-23(21)29(22,5)6/h11-13,18,21-23H,14-17,31H2,1-10H3,(H,32,33)/t21-,22+,23-/m0/s1. The van der Waals surface area contributed by atoms with Crippen molar-refractivity contribution in [1.29, 1.82) is 0 Å². The first-order valence-electron chi connectivity index (χ1n) is 13.0. The fourth-order valence-corrected chi connectivity index (χ4v) is 6.80. The van der Waals surface area contributed by atoms with Crippen LogP contribution in [-0.2, 0) is 10.2 Å². The molecule has 0 spiro atoms. The van der Waals surface area contributed by atoms with Crippen molar-refractivity contribution in [3.8, 4) is 11.5 Å². The molecule has 3 aliphatic rings. The van der Waals surface area contributed by atoms with Crippen LogP contribution in [0.1, 0.15) is 85.3 Å². The molecule has 1 aromatic rings. The lowest BCUT2D eigenvalue weighted by Gasteiger charge is -2.59. The van der Waals surface area contributed by atoms with Crippen molar-refractivity contribution in [3.05, 3.63) is 34.9 Å². The number of benzene rings is 1. The number of fused-ring (bicyclic) bond motifs is 1. The van der Waals surface area contributed by atoms with Crippen molar-refractivity contribution in [3.63, 3.8) is 0 Å². The molecule has 0 aromatic heterocycles. The predicted molar refractivity (Wildman–Crippen MR) is 144 cm³/mol. The number of carbonyl (C=O) groups excluding carboxylic acids is 1. The van der Waals surface area contributed by atoms with E-state index in [0.29, 0.717) is 24.9 Å². The molecule has 0 saturated heterocycles. The first kappa shape index (κ1) is 27.6. The molecule has 35 heavy (non-hydrogen) atoms. The summed E-state index contributed by atoms with van der Waals surface area (Å²) in [6.45, 7) is 19.8. The van der Waals surface area contributed by atoms with Gasteiger partial charge in [-0.25, -0.2) is 0 Å². The molecule has 0 unspecified atom stereocenters. The molecule has 2 bridgehead atoms. The minimum atomic E-state index is -0.138. The quantitative estimate of drug-likeness (QED) is 0.307. The molecule has 0 radical (unpaired) electrons. The Labute approximate surface area is 213 Å². The highest BCUT2D eigenvalue weighted by molar-refractivity contribution is 5.56. The van der Waals surface area contributed by atoms with Crippen LogP contribution in [0.25, 0.3) is 0 Å². The van der Waals surface area contributed by atoms with Gasteiger partial charge < -0.3 is 20.5 Å². The van der Waals surface area contributed by atoms with Crippen LogP contribution in [0.3, 0.4) is 0 Å². The fraction of sp³-hybridized carbons (Fsp3) is 0.700. The Kier molecular flexibility index (Phi) is 7.45. The fourth-order valence-electron chi connectivity index (χ4n) is 6.80. The second-order valence-electron chi connectivity index (χ2n) is 13.3. The van der Waals surface area contributed by atoms with Crippen LogP contribution in [0.2, 0.25) is 0 Å². The van der Waals surface area contributed by atoms with Crippen molar-refractivity contribution in [2.75, 3.05) is 27.3 Å². The summed E-state index contributed by atoms with van der Waals surface area (Å²) in [7, 11) is 3.52. The lowest BCUT2D eigenvalue weighted by molar-refractivity contribution is -0.109. The van der Waals surface area contributed by atoms with Crippen LogP contribution in [0.15, 0.2) is 23.8 Å². The molecule has 3 aliphatic carbocycles. The normalized spacial score (nSPS) is 23.7. The number of methoxy groups -OCH3 is 2. The van der Waals surface area contributed by atoms with Crippen LogP contribution in [-0.4, -0.2) is 33.7 Å². The van der Waals surface area contributed by atoms with E-state index in [1.807, 2.05) is 0 Å². The summed E-state index contributed by atoms with van der Waals surface area (Å²) in [5.74, 6) is 2.97. The summed E-state index contributed by atoms with van der Waals surface area (Å²) in [5.41, 5.74) is 9.83. The monoisotopic (exact) mass is 484 g/mol. The number of amides is 1. The third-order valence-corrected chi connectivity index (χ3v) is 9.77. The van der Waals surface area contributed by atoms with E-state index in [0.717, 1.165) is 36.3 Å². The number of nitrogens with one attached hydrogen (secondary N) is 1. The molecule has 3 atom stereocenters. The Morgan fingerprint density at radius 1 is 1.09 bits per heavy atom. The van der Waals surface area contributed by atoms with Gasteiger partial charge in [-0.2, -0.15) is 0 Å². The highest BCUT2D eigenvalue weighted by Gasteiger charge is 2.56. The number of ether oxygens (including phenoxy) is 2. The van der Waals surface area contributed by atoms with Gasteiger partial charge in [-0.1, -0.05) is 67.0 Å². The summed E-state index contributed by atoms with van der Waals surface area (Å²) in [6, 6.07) is 4.45. The van der Waals surface area contributed by atoms with Gasteiger partial charge >= 0.3 is 0 Å². The molecule has 4 rings (SSSR count). The molecule has 3 N–H and O–H groups in total. The lowest BCUT2D eigenvalue weighted by atomic mass is 9.45. The number of rotatable bonds is 11. The molecule has 196 valence electrons. The zero-order valence-corrected chi connectivity index (χ0v) is 23.7. The number of carbonyl (C=O) groups is 1. The van der Waals surface area contributed by atoms with Crippen LogP contribution in [0.5, 0.6) is 11.5 Å². The second kappa shape index (κ2) is 9.46. The molecule has 5 nitrogen and oxygen atoms in total. The van der Waals surface area contributed by atoms with Gasteiger partial charge in [0.25, 0.3) is 0 Å². The minimum Gasteiger partial charge on any atom is -0.496 e. The Morgan fingerprint density at radius 3 is 2.11 bits per heavy atom. The van der Waals surface area contributed by atoms with E-state index in [9.17, 15) is 4.79 Å². The van der Waals surface area contributed by atoms with Crippen LogP contribution >= 0.6 is 0 Å². The van der Waals surface area contributed by atoms with Gasteiger partial charge in [0, 0.05) is 18.0 Å². The molecule has 5 heteroatoms. The van der Waals surface area contributed by atoms with Gasteiger partial charge in [-0.3, -0.25) is 4.79 Å². The average molecular weight is 485 g/mol. The number of allylic oxidation sites excluding steroid dienone is 1. The van der Waals surface area contributed by atoms with E-state index in [2.05, 4.69) is 78.9 Å². The molecule has 0 heterocycles. The smallest absolute Gasteiger partial charge is 0.207 e. The summed E-state index contributed by atoms with van der Waals surface area (Å²) in [6.07, 6.45) is 5.29. The van der Waals surface area contributed by atoms with E-state index in [4.69, 9.17) is 15.2 Å². The summed E-state index contributed by atoms with van der Waals surface area (Å²) in [5, 5.41) is 2.89. The Hall–Kier alpha value is -2.01. The maximum atomic E-state index is 11.0. The van der Waals surface area contributed by atoms with Crippen molar-refractivity contribution < 1.29 is 14.3 Å². The number of nitrogens with two attached hydrogens (primary N) is 1. The third-order valence-electron chi connectivity index (χ3n) is 9.77. The maximum Gasteiger partial charge on any atom is 0.207 e. The Bertz CT molecular complexity index is 949. The molecule has 1 amide bonds. The topological polar surface area (TPSA) is 73.6 Å². The number of hydrogen-bond donors (Lipinski definition) is 2. The zero-order chi connectivity index (χ0) is 26.4. The first-order valence-corrected chi connectivity index (χ1v) is 13.0. The average Bonchev–Trinajstić information content (AvgIpc) is 2.80. The van der Waals surface area contributed by atoms with Gasteiger partial charge in [0.05, 0.1) is 14.2 Å². The molecule has 0 aliphatic heterocycles. The second-order valence-corrected chi connectivity index (χ2v) is 13.3. The van der Waals surface area contributed by atoms with Crippen LogP contribution in [0, 0.1) is 28.1 Å². The van der Waals surface area contributed by atoms with E-state index < -0.39 is 0 Å². The maximum absolute atomic E-state index is 11.0. The number of hydrogen-bond acceptors (Lipinski definition) is 4. The van der Waals surface area contributed by atoms with E-state index in [-0.39, 0.29) is 27.6 Å². The summed E-state index contributed by atoms with van der Waals surface area (Å²) >= 11 is 0. The highest BCUT2D eigenvalue weighted by Crippen LogP contribution is 2.65. The zero-order valence-electron chi connectivity index (χ0n) is 23.7. The third kappa shape index (κ3) is 4.73. The first-order chi connectivity index (χ1) is 16.2. The molecular formula is C30H48N2O3. The van der Waals surface area contributed by atoms with Crippen LogP contribution in [0.4, 0.5) is 0 Å². The van der Waals surface area contributed by atoms with Crippen molar-refractivity contribution in [2.24, 2.45) is 33.8 Å². The Balaban J connectivity index is 2.10. The van der Waals surface area contributed by atoms with Crippen molar-refractivity contribution in [1.82, 2.24) is 5.32 Å². The SMILES string of the molecule is COc1cc(C(C)(C)C(C)(C)CC(C)(C)CN)cc(OC)c1[C@H]1C=C(CNC=O)[C@H]2C[C@@H]1C2(C)C. The van der Waals surface area contributed by atoms with Gasteiger partial charge in [-0.05, 0) is 70.6 Å². The summed E-state index contributed by atoms with van der Waals surface area (Å²) in [4.78, 5) is 11.0. The molecule has 1 aromatic carbocycles. The Morgan fingerprint density at radius 2 is 1.66 bits per heavy atom. The van der Waals surface area contributed by atoms with Gasteiger partial charge in [0.15, 0.2) is 0 Å². The minimum absolute atomic E-state index is 0.00496. The van der Waals surface area contributed by atoms with Crippen molar-refractivity contribution >= 4 is 6.41 Å². The van der Waals surface area contributed by atoms with Gasteiger partial charge in [0.2, 0.25) is 6.41 Å². The summed E-state index contributed by atoms with van der Waals surface area (Å²) < 4.78 is 12.1. The lowest BCUT2D eigenvalue weighted by Crippen LogP contribution is -2.52. The van der Waals surface area contributed by atoms with E-state index in [1.165, 1.54) is 11.1 Å². The molecule has 1 fully saturated rings. The molecule has 1 saturated carbocycles. The van der Waals surface area contributed by atoms with E-state index >= 15 is 0 Å². The van der Waals surface area contributed by atoms with E-state index in [1.54, 1.807) is 14.2 Å². The van der Waals surface area contributed by atoms with Crippen molar-refractivity contribution in [2.45, 2.75) is 79.6 Å². The largest absolute Gasteiger partial charge is 0.496 e. The van der Waals surface area contributed by atoms with Crippen LogP contribution < -0.4 is 20.5 Å². The predicted octanol–water partition coefficient (Wildman–Crippen LogP) is 5.81. The van der Waals surface area contributed by atoms with Gasteiger partial charge in [0.1, 0.15) is 11.5 Å².